The van der Waals surface area contributed by atoms with Gasteiger partial charge in [-0.2, -0.15) is 0 Å². The molecule has 1 N–H and O–H groups in total. The van der Waals surface area contributed by atoms with E-state index in [0.717, 1.165) is 18.8 Å². The Kier molecular flexibility index (Phi) is 3.70. The van der Waals surface area contributed by atoms with Crippen LogP contribution in [0.5, 0.6) is 0 Å². The first-order valence-corrected chi connectivity index (χ1v) is 7.04. The van der Waals surface area contributed by atoms with Crippen molar-refractivity contribution in [3.8, 4) is 0 Å². The molecule has 1 aliphatic rings. The molecule has 1 aliphatic heterocycles. The van der Waals surface area contributed by atoms with Crippen LogP contribution in [-0.2, 0) is 0 Å². The van der Waals surface area contributed by atoms with Gasteiger partial charge in [0, 0.05) is 30.9 Å². The van der Waals surface area contributed by atoms with Crippen LogP contribution < -0.4 is 10.2 Å². The third-order valence-corrected chi connectivity index (χ3v) is 3.93. The SMILES string of the molecule is CC1CNC(c2ccccc2)CN1c1ccc(F)cc1. The van der Waals surface area contributed by atoms with Gasteiger partial charge in [-0.1, -0.05) is 30.3 Å². The molecule has 1 heterocycles. The van der Waals surface area contributed by atoms with Crippen LogP contribution in [0.2, 0.25) is 0 Å². The molecule has 104 valence electrons. The Morgan fingerprint density at radius 1 is 1.05 bits per heavy atom. The highest BCUT2D eigenvalue weighted by Gasteiger charge is 2.25. The molecule has 2 aromatic carbocycles. The number of anilines is 1. The standard InChI is InChI=1S/C17H19FN2/c1-13-11-19-17(14-5-3-2-4-6-14)12-20(13)16-9-7-15(18)8-10-16/h2-10,13,17,19H,11-12H2,1H3. The second-order valence-corrected chi connectivity index (χ2v) is 5.35. The van der Waals surface area contributed by atoms with Gasteiger partial charge in [0.15, 0.2) is 0 Å². The van der Waals surface area contributed by atoms with E-state index in [1.807, 2.05) is 18.2 Å². The molecule has 2 nitrogen and oxygen atoms in total. The van der Waals surface area contributed by atoms with E-state index in [1.165, 1.54) is 17.7 Å². The number of rotatable bonds is 2. The van der Waals surface area contributed by atoms with Gasteiger partial charge in [0.25, 0.3) is 0 Å². The summed E-state index contributed by atoms with van der Waals surface area (Å²) < 4.78 is 13.1. The van der Waals surface area contributed by atoms with Crippen molar-refractivity contribution in [3.63, 3.8) is 0 Å². The lowest BCUT2D eigenvalue weighted by Gasteiger charge is -2.40. The van der Waals surface area contributed by atoms with Crippen LogP contribution in [0.4, 0.5) is 10.1 Å². The Balaban J connectivity index is 1.82. The molecule has 2 aromatic rings. The Hall–Kier alpha value is -1.87. The van der Waals surface area contributed by atoms with Gasteiger partial charge in [0.1, 0.15) is 5.82 Å². The van der Waals surface area contributed by atoms with Crippen molar-refractivity contribution in [2.24, 2.45) is 0 Å². The van der Waals surface area contributed by atoms with Crippen molar-refractivity contribution in [2.45, 2.75) is 19.0 Å². The average molecular weight is 270 g/mol. The van der Waals surface area contributed by atoms with Gasteiger partial charge in [0.2, 0.25) is 0 Å². The summed E-state index contributed by atoms with van der Waals surface area (Å²) in [5.41, 5.74) is 2.38. The zero-order valence-corrected chi connectivity index (χ0v) is 11.6. The molecule has 0 saturated carbocycles. The Labute approximate surface area is 119 Å². The molecule has 0 amide bonds. The monoisotopic (exact) mass is 270 g/mol. The number of hydrogen-bond donors (Lipinski definition) is 1. The summed E-state index contributed by atoms with van der Waals surface area (Å²) in [7, 11) is 0. The van der Waals surface area contributed by atoms with E-state index in [0.29, 0.717) is 12.1 Å². The van der Waals surface area contributed by atoms with Crippen LogP contribution in [0.1, 0.15) is 18.5 Å². The predicted octanol–water partition coefficient (Wildman–Crippen LogP) is 3.37. The maximum atomic E-state index is 13.1. The first-order chi connectivity index (χ1) is 9.74. The second-order valence-electron chi connectivity index (χ2n) is 5.35. The number of halogens is 1. The summed E-state index contributed by atoms with van der Waals surface area (Å²) in [5.74, 6) is -0.184. The van der Waals surface area contributed by atoms with Crippen molar-refractivity contribution in [1.82, 2.24) is 5.32 Å². The molecule has 2 atom stereocenters. The quantitative estimate of drug-likeness (QED) is 0.900. The molecule has 1 saturated heterocycles. The van der Waals surface area contributed by atoms with E-state index in [9.17, 15) is 4.39 Å². The fourth-order valence-corrected chi connectivity index (χ4v) is 2.77. The third kappa shape index (κ3) is 2.68. The summed E-state index contributed by atoms with van der Waals surface area (Å²) >= 11 is 0. The number of piperazine rings is 1. The molecule has 0 aromatic heterocycles. The van der Waals surface area contributed by atoms with Gasteiger partial charge in [0.05, 0.1) is 0 Å². The Morgan fingerprint density at radius 3 is 2.45 bits per heavy atom. The highest BCUT2D eigenvalue weighted by molar-refractivity contribution is 5.48. The predicted molar refractivity (Wildman–Crippen MR) is 80.4 cm³/mol. The van der Waals surface area contributed by atoms with E-state index in [-0.39, 0.29) is 5.82 Å². The zero-order valence-electron chi connectivity index (χ0n) is 11.6. The topological polar surface area (TPSA) is 15.3 Å². The molecular formula is C17H19FN2. The van der Waals surface area contributed by atoms with E-state index >= 15 is 0 Å². The minimum atomic E-state index is -0.184. The molecule has 3 heteroatoms. The highest BCUT2D eigenvalue weighted by atomic mass is 19.1. The third-order valence-electron chi connectivity index (χ3n) is 3.93. The van der Waals surface area contributed by atoms with E-state index < -0.39 is 0 Å². The van der Waals surface area contributed by atoms with Crippen LogP contribution >= 0.6 is 0 Å². The number of nitrogens with one attached hydrogen (secondary N) is 1. The van der Waals surface area contributed by atoms with E-state index in [4.69, 9.17) is 0 Å². The smallest absolute Gasteiger partial charge is 0.123 e. The van der Waals surface area contributed by atoms with Crippen LogP contribution in [0.15, 0.2) is 54.6 Å². The number of benzene rings is 2. The van der Waals surface area contributed by atoms with Crippen molar-refractivity contribution in [2.75, 3.05) is 18.0 Å². The maximum Gasteiger partial charge on any atom is 0.123 e. The van der Waals surface area contributed by atoms with Crippen LogP contribution in [0, 0.1) is 5.82 Å². The summed E-state index contributed by atoms with van der Waals surface area (Å²) in [6.45, 7) is 4.02. The van der Waals surface area contributed by atoms with E-state index in [2.05, 4.69) is 41.4 Å². The fraction of sp³-hybridized carbons (Fsp3) is 0.294. The first kappa shape index (κ1) is 13.1. The van der Waals surface area contributed by atoms with Gasteiger partial charge >= 0.3 is 0 Å². The van der Waals surface area contributed by atoms with Gasteiger partial charge < -0.3 is 10.2 Å². The minimum Gasteiger partial charge on any atom is -0.366 e. The van der Waals surface area contributed by atoms with Crippen LogP contribution in [0.3, 0.4) is 0 Å². The lowest BCUT2D eigenvalue weighted by molar-refractivity contribution is 0.414. The van der Waals surface area contributed by atoms with E-state index in [1.54, 1.807) is 0 Å². The van der Waals surface area contributed by atoms with Crippen LogP contribution in [-0.4, -0.2) is 19.1 Å². The lowest BCUT2D eigenvalue weighted by atomic mass is 10.0. The lowest BCUT2D eigenvalue weighted by Crippen LogP contribution is -2.51. The highest BCUT2D eigenvalue weighted by Crippen LogP contribution is 2.25. The van der Waals surface area contributed by atoms with Crippen molar-refractivity contribution < 1.29 is 4.39 Å². The summed E-state index contributed by atoms with van der Waals surface area (Å²) in [6, 6.07) is 18.0. The first-order valence-electron chi connectivity index (χ1n) is 7.04. The molecule has 2 unspecified atom stereocenters. The number of hydrogen-bond acceptors (Lipinski definition) is 2. The van der Waals surface area contributed by atoms with Crippen molar-refractivity contribution in [1.29, 1.82) is 0 Å². The van der Waals surface area contributed by atoms with Gasteiger partial charge in [-0.15, -0.1) is 0 Å². The second kappa shape index (κ2) is 5.63. The molecular weight excluding hydrogens is 251 g/mol. The largest absolute Gasteiger partial charge is 0.366 e. The fourth-order valence-electron chi connectivity index (χ4n) is 2.77. The maximum absolute atomic E-state index is 13.1. The summed E-state index contributed by atoms with van der Waals surface area (Å²) in [4.78, 5) is 2.34. The molecule has 0 spiro atoms. The van der Waals surface area contributed by atoms with Crippen molar-refractivity contribution in [3.05, 3.63) is 66.0 Å². The zero-order chi connectivity index (χ0) is 13.9. The summed E-state index contributed by atoms with van der Waals surface area (Å²) in [6.07, 6.45) is 0. The molecule has 3 rings (SSSR count). The van der Waals surface area contributed by atoms with Gasteiger partial charge in [-0.3, -0.25) is 0 Å². The molecule has 0 radical (unpaired) electrons. The Morgan fingerprint density at radius 2 is 1.75 bits per heavy atom. The summed E-state index contributed by atoms with van der Waals surface area (Å²) in [5, 5.41) is 3.58. The molecule has 0 aliphatic carbocycles. The molecule has 0 bridgehead atoms. The van der Waals surface area contributed by atoms with Gasteiger partial charge in [-0.05, 0) is 36.8 Å². The molecule has 1 fully saturated rings. The normalized spacial score (nSPS) is 22.8. The van der Waals surface area contributed by atoms with Crippen LogP contribution in [0.25, 0.3) is 0 Å². The molecule has 20 heavy (non-hydrogen) atoms. The number of nitrogens with zero attached hydrogens (tertiary/aromatic N) is 1. The average Bonchev–Trinajstić information content (AvgIpc) is 2.50. The van der Waals surface area contributed by atoms with Crippen molar-refractivity contribution >= 4 is 5.69 Å². The van der Waals surface area contributed by atoms with Gasteiger partial charge in [-0.25, -0.2) is 4.39 Å². The minimum absolute atomic E-state index is 0.184. The Bertz CT molecular complexity index is 553.